The lowest BCUT2D eigenvalue weighted by Gasteiger charge is -2.32. The third-order valence-electron chi connectivity index (χ3n) is 4.38. The normalized spacial score (nSPS) is 17.3. The topological polar surface area (TPSA) is 38.2 Å². The molecule has 2 heterocycles. The molecule has 1 saturated heterocycles. The number of morpholine rings is 1. The molecule has 140 valence electrons. The van der Waals surface area contributed by atoms with E-state index in [-0.39, 0.29) is 16.9 Å². The van der Waals surface area contributed by atoms with Gasteiger partial charge in [-0.05, 0) is 35.4 Å². The van der Waals surface area contributed by atoms with Crippen LogP contribution in [0.3, 0.4) is 0 Å². The van der Waals surface area contributed by atoms with E-state index < -0.39 is 5.82 Å². The zero-order chi connectivity index (χ0) is 18.8. The average molecular weight is 408 g/mol. The Bertz CT molecular complexity index is 935. The average Bonchev–Trinajstić information content (AvgIpc) is 3.14. The quantitative estimate of drug-likeness (QED) is 0.631. The lowest BCUT2D eigenvalue weighted by atomic mass is 10.1. The van der Waals surface area contributed by atoms with Gasteiger partial charge in [0, 0.05) is 13.0 Å². The van der Waals surface area contributed by atoms with Crippen molar-refractivity contribution in [2.45, 2.75) is 12.5 Å². The number of benzene rings is 2. The van der Waals surface area contributed by atoms with Crippen LogP contribution < -0.4 is 4.90 Å². The minimum Gasteiger partial charge on any atom is -0.370 e. The first-order valence-corrected chi connectivity index (χ1v) is 9.66. The number of ether oxygens (including phenoxy) is 1. The maximum atomic E-state index is 13.4. The molecule has 1 aliphatic heterocycles. The second kappa shape index (κ2) is 7.88. The number of aromatic nitrogens is 2. The molecule has 0 N–H and O–H groups in total. The molecule has 1 atom stereocenters. The summed E-state index contributed by atoms with van der Waals surface area (Å²) in [5.74, 6) is -0.695. The molecule has 0 radical (unpaired) electrons. The summed E-state index contributed by atoms with van der Waals surface area (Å²) < 4.78 is 32.2. The number of anilines is 1. The summed E-state index contributed by atoms with van der Waals surface area (Å²) in [4.78, 5) is 2.11. The molecule has 1 aromatic heterocycles. The first-order valence-electron chi connectivity index (χ1n) is 8.47. The molecular weight excluding hydrogens is 392 g/mol. The van der Waals surface area contributed by atoms with Crippen LogP contribution in [0.25, 0.3) is 0 Å². The van der Waals surface area contributed by atoms with Crippen LogP contribution in [0.5, 0.6) is 0 Å². The number of hydrogen-bond acceptors (Lipinski definition) is 5. The summed E-state index contributed by atoms with van der Waals surface area (Å²) in [6.45, 7) is 1.83. The Morgan fingerprint density at radius 1 is 1.15 bits per heavy atom. The van der Waals surface area contributed by atoms with Crippen molar-refractivity contribution in [1.29, 1.82) is 0 Å². The number of rotatable bonds is 4. The Morgan fingerprint density at radius 2 is 1.96 bits per heavy atom. The first-order chi connectivity index (χ1) is 13.1. The van der Waals surface area contributed by atoms with Crippen molar-refractivity contribution in [2.24, 2.45) is 0 Å². The largest absolute Gasteiger partial charge is 0.370 e. The van der Waals surface area contributed by atoms with E-state index in [1.54, 1.807) is 24.3 Å². The van der Waals surface area contributed by atoms with Gasteiger partial charge in [-0.2, -0.15) is 0 Å². The Kier molecular flexibility index (Phi) is 5.33. The number of hydrogen-bond donors (Lipinski definition) is 0. The Morgan fingerprint density at radius 3 is 2.74 bits per heavy atom. The zero-order valence-electron chi connectivity index (χ0n) is 14.2. The number of nitrogens with zero attached hydrogens (tertiary/aromatic N) is 3. The molecular formula is C19H16ClF2N3OS. The monoisotopic (exact) mass is 407 g/mol. The molecule has 0 spiro atoms. The van der Waals surface area contributed by atoms with E-state index in [1.807, 2.05) is 0 Å². The van der Waals surface area contributed by atoms with E-state index in [2.05, 4.69) is 15.1 Å². The lowest BCUT2D eigenvalue weighted by molar-refractivity contribution is 0.0397. The molecule has 0 amide bonds. The molecule has 1 fully saturated rings. The highest BCUT2D eigenvalue weighted by molar-refractivity contribution is 7.15. The van der Waals surface area contributed by atoms with Crippen LogP contribution in [0, 0.1) is 11.6 Å². The van der Waals surface area contributed by atoms with E-state index >= 15 is 0 Å². The highest BCUT2D eigenvalue weighted by atomic mass is 35.5. The highest BCUT2D eigenvalue weighted by Crippen LogP contribution is 2.30. The summed E-state index contributed by atoms with van der Waals surface area (Å²) in [5.41, 5.74) is 1.82. The molecule has 4 nitrogen and oxygen atoms in total. The van der Waals surface area contributed by atoms with E-state index in [1.165, 1.54) is 29.5 Å². The van der Waals surface area contributed by atoms with Gasteiger partial charge in [-0.3, -0.25) is 0 Å². The lowest BCUT2D eigenvalue weighted by Crippen LogP contribution is -2.38. The van der Waals surface area contributed by atoms with Crippen LogP contribution in [-0.4, -0.2) is 29.9 Å². The van der Waals surface area contributed by atoms with E-state index in [4.69, 9.17) is 16.3 Å². The third kappa shape index (κ3) is 4.26. The minimum atomic E-state index is -0.442. The maximum Gasteiger partial charge on any atom is 0.208 e. The van der Waals surface area contributed by atoms with Crippen molar-refractivity contribution in [1.82, 2.24) is 10.2 Å². The molecule has 2 aromatic carbocycles. The zero-order valence-corrected chi connectivity index (χ0v) is 15.8. The minimum absolute atomic E-state index is 0.0886. The van der Waals surface area contributed by atoms with Gasteiger partial charge < -0.3 is 9.64 Å². The molecule has 8 heteroatoms. The second-order valence-electron chi connectivity index (χ2n) is 6.26. The third-order valence-corrected chi connectivity index (χ3v) is 5.65. The van der Waals surface area contributed by atoms with Crippen molar-refractivity contribution in [3.8, 4) is 0 Å². The molecule has 1 aliphatic rings. The van der Waals surface area contributed by atoms with Crippen molar-refractivity contribution < 1.29 is 13.5 Å². The van der Waals surface area contributed by atoms with Crippen molar-refractivity contribution >= 4 is 28.1 Å². The summed E-state index contributed by atoms with van der Waals surface area (Å²) in [6.07, 6.45) is 0.403. The van der Waals surface area contributed by atoms with Crippen LogP contribution in [-0.2, 0) is 11.2 Å². The summed E-state index contributed by atoms with van der Waals surface area (Å²) >= 11 is 7.40. The van der Waals surface area contributed by atoms with Crippen molar-refractivity contribution in [2.75, 3.05) is 24.6 Å². The van der Waals surface area contributed by atoms with E-state index in [9.17, 15) is 8.78 Å². The predicted octanol–water partition coefficient (Wildman–Crippen LogP) is 4.64. The smallest absolute Gasteiger partial charge is 0.208 e. The Labute approximate surface area is 164 Å². The Hall–Kier alpha value is -2.09. The first kappa shape index (κ1) is 18.3. The standard InChI is InChI=1S/C19H16ClF2N3OS/c20-15-10-13(3-6-16(15)22)17-11-25(7-8-26-17)19-24-23-18(27-19)9-12-1-4-14(21)5-2-12/h1-6,10,17H,7-9,11H2. The van der Waals surface area contributed by atoms with Crippen LogP contribution in [0.2, 0.25) is 5.02 Å². The molecule has 0 saturated carbocycles. The van der Waals surface area contributed by atoms with Gasteiger partial charge >= 0.3 is 0 Å². The predicted molar refractivity (Wildman–Crippen MR) is 101 cm³/mol. The van der Waals surface area contributed by atoms with E-state index in [0.717, 1.165) is 21.3 Å². The van der Waals surface area contributed by atoms with Gasteiger partial charge in [0.05, 0.1) is 18.2 Å². The fourth-order valence-corrected chi connectivity index (χ4v) is 4.05. The van der Waals surface area contributed by atoms with Crippen molar-refractivity contribution in [3.63, 3.8) is 0 Å². The summed E-state index contributed by atoms with van der Waals surface area (Å²) in [6, 6.07) is 11.0. The second-order valence-corrected chi connectivity index (χ2v) is 7.71. The van der Waals surface area contributed by atoms with Gasteiger partial charge in [0.15, 0.2) is 0 Å². The highest BCUT2D eigenvalue weighted by Gasteiger charge is 2.25. The van der Waals surface area contributed by atoms with Crippen LogP contribution >= 0.6 is 22.9 Å². The fraction of sp³-hybridized carbons (Fsp3) is 0.263. The Balaban J connectivity index is 1.46. The molecule has 0 bridgehead atoms. The van der Waals surface area contributed by atoms with Gasteiger partial charge in [-0.1, -0.05) is 41.1 Å². The molecule has 3 aromatic rings. The van der Waals surface area contributed by atoms with E-state index in [0.29, 0.717) is 26.1 Å². The molecule has 27 heavy (non-hydrogen) atoms. The van der Waals surface area contributed by atoms with Crippen LogP contribution in [0.4, 0.5) is 13.9 Å². The van der Waals surface area contributed by atoms with Gasteiger partial charge in [-0.15, -0.1) is 10.2 Å². The number of halogens is 3. The van der Waals surface area contributed by atoms with Gasteiger partial charge in [0.25, 0.3) is 0 Å². The van der Waals surface area contributed by atoms with Gasteiger partial charge in [-0.25, -0.2) is 8.78 Å². The van der Waals surface area contributed by atoms with Gasteiger partial charge in [0.1, 0.15) is 22.7 Å². The van der Waals surface area contributed by atoms with Crippen molar-refractivity contribution in [3.05, 3.63) is 75.3 Å². The van der Waals surface area contributed by atoms with Crippen LogP contribution in [0.1, 0.15) is 22.2 Å². The van der Waals surface area contributed by atoms with Gasteiger partial charge in [0.2, 0.25) is 5.13 Å². The summed E-state index contributed by atoms with van der Waals surface area (Å²) in [5, 5.41) is 10.3. The maximum absolute atomic E-state index is 13.4. The molecule has 4 rings (SSSR count). The molecule has 0 aliphatic carbocycles. The van der Waals surface area contributed by atoms with Crippen LogP contribution in [0.15, 0.2) is 42.5 Å². The fourth-order valence-electron chi connectivity index (χ4n) is 2.96. The summed E-state index contributed by atoms with van der Waals surface area (Å²) in [7, 11) is 0. The SMILES string of the molecule is Fc1ccc(Cc2nnc(N3CCOC(c4ccc(F)c(Cl)c4)C3)s2)cc1. The molecule has 1 unspecified atom stereocenters.